The molecule has 4 amide bonds. The number of carbonyl (C=O) groups excluding carboxylic acids is 3. The molecule has 150 valence electrons. The molecule has 0 aliphatic carbocycles. The fourth-order valence-electron chi connectivity index (χ4n) is 2.74. The van der Waals surface area contributed by atoms with E-state index in [4.69, 9.17) is 16.3 Å². The SMILES string of the molecule is COc1cc(/C=C2\C(=O)NC(=O)N(c3cccc(Cl)c3C)C2=O)c(Br)c(Br)c1O. The molecule has 29 heavy (non-hydrogen) atoms. The van der Waals surface area contributed by atoms with Crippen molar-refractivity contribution in [3.05, 3.63) is 54.9 Å². The Morgan fingerprint density at radius 1 is 1.21 bits per heavy atom. The van der Waals surface area contributed by atoms with Gasteiger partial charge in [-0.15, -0.1) is 0 Å². The molecule has 0 spiro atoms. The number of amides is 4. The number of benzene rings is 2. The molecule has 1 saturated heterocycles. The van der Waals surface area contributed by atoms with Crippen molar-refractivity contribution in [1.82, 2.24) is 5.32 Å². The number of nitrogens with zero attached hydrogens (tertiary/aromatic N) is 1. The first kappa shape index (κ1) is 21.4. The molecule has 2 aromatic carbocycles. The van der Waals surface area contributed by atoms with E-state index >= 15 is 0 Å². The molecule has 10 heteroatoms. The summed E-state index contributed by atoms with van der Waals surface area (Å²) < 4.78 is 5.78. The standard InChI is InChI=1S/C19H13Br2ClN2O5/c1-8-11(22)4-3-5-12(8)24-18(27)10(17(26)23-19(24)28)6-9-7-13(29-2)16(25)15(21)14(9)20/h3-7,25H,1-2H3,(H,23,26,28)/b10-6+. The lowest BCUT2D eigenvalue weighted by molar-refractivity contribution is -0.122. The lowest BCUT2D eigenvalue weighted by Gasteiger charge is -2.27. The zero-order valence-corrected chi connectivity index (χ0v) is 19.0. The molecule has 1 aliphatic heterocycles. The number of nitrogens with one attached hydrogen (secondary N) is 1. The fraction of sp³-hybridized carbons (Fsp3) is 0.105. The number of rotatable bonds is 3. The highest BCUT2D eigenvalue weighted by Gasteiger charge is 2.37. The van der Waals surface area contributed by atoms with E-state index in [-0.39, 0.29) is 27.2 Å². The molecule has 7 nitrogen and oxygen atoms in total. The van der Waals surface area contributed by atoms with Crippen LogP contribution in [0.2, 0.25) is 5.02 Å². The molecule has 1 aliphatic rings. The van der Waals surface area contributed by atoms with Gasteiger partial charge in [0.15, 0.2) is 11.5 Å². The average Bonchev–Trinajstić information content (AvgIpc) is 2.68. The summed E-state index contributed by atoms with van der Waals surface area (Å²) in [5.41, 5.74) is 0.884. The first-order valence-electron chi connectivity index (χ1n) is 8.08. The molecular formula is C19H13Br2ClN2O5. The van der Waals surface area contributed by atoms with Crippen LogP contribution in [0.3, 0.4) is 0 Å². The summed E-state index contributed by atoms with van der Waals surface area (Å²) in [6.07, 6.45) is 1.30. The Kier molecular flexibility index (Phi) is 6.02. The highest BCUT2D eigenvalue weighted by molar-refractivity contribution is 9.13. The second kappa shape index (κ2) is 8.17. The van der Waals surface area contributed by atoms with E-state index in [0.717, 1.165) is 4.90 Å². The Hall–Kier alpha value is -2.36. The zero-order valence-electron chi connectivity index (χ0n) is 15.0. The Labute approximate surface area is 187 Å². The summed E-state index contributed by atoms with van der Waals surface area (Å²) in [5.74, 6) is -1.66. The van der Waals surface area contributed by atoms with Crippen LogP contribution in [0.25, 0.3) is 6.08 Å². The van der Waals surface area contributed by atoms with Crippen molar-refractivity contribution < 1.29 is 24.2 Å². The molecule has 1 fully saturated rings. The minimum atomic E-state index is -0.869. The summed E-state index contributed by atoms with van der Waals surface area (Å²) in [7, 11) is 1.37. The molecular weight excluding hydrogens is 531 g/mol. The van der Waals surface area contributed by atoms with Crippen LogP contribution in [0, 0.1) is 6.92 Å². The van der Waals surface area contributed by atoms with E-state index in [1.54, 1.807) is 25.1 Å². The largest absolute Gasteiger partial charge is 0.503 e. The van der Waals surface area contributed by atoms with Crippen LogP contribution in [0.15, 0.2) is 38.8 Å². The van der Waals surface area contributed by atoms with Gasteiger partial charge in [-0.05, 0) is 74.2 Å². The van der Waals surface area contributed by atoms with E-state index in [0.29, 0.717) is 20.6 Å². The molecule has 1 heterocycles. The topological polar surface area (TPSA) is 95.9 Å². The van der Waals surface area contributed by atoms with Crippen LogP contribution >= 0.6 is 43.5 Å². The molecule has 0 unspecified atom stereocenters. The summed E-state index contributed by atoms with van der Waals surface area (Å²) in [4.78, 5) is 38.7. The van der Waals surface area contributed by atoms with Gasteiger partial charge < -0.3 is 9.84 Å². The Bertz CT molecular complexity index is 1100. The number of barbiturate groups is 1. The molecule has 3 rings (SSSR count). The number of imide groups is 2. The van der Waals surface area contributed by atoms with Gasteiger partial charge in [0.2, 0.25) is 0 Å². The van der Waals surface area contributed by atoms with Gasteiger partial charge in [-0.3, -0.25) is 14.9 Å². The van der Waals surface area contributed by atoms with Crippen LogP contribution in [0.5, 0.6) is 11.5 Å². The van der Waals surface area contributed by atoms with Gasteiger partial charge in [-0.25, -0.2) is 9.69 Å². The summed E-state index contributed by atoms with van der Waals surface area (Å²) in [6.45, 7) is 1.66. The average molecular weight is 545 g/mol. The van der Waals surface area contributed by atoms with Gasteiger partial charge >= 0.3 is 6.03 Å². The van der Waals surface area contributed by atoms with Crippen LogP contribution in [0.4, 0.5) is 10.5 Å². The maximum atomic E-state index is 13.1. The summed E-state index contributed by atoms with van der Waals surface area (Å²) >= 11 is 12.6. The van der Waals surface area contributed by atoms with Crippen LogP contribution in [0.1, 0.15) is 11.1 Å². The third kappa shape index (κ3) is 3.77. The number of anilines is 1. The number of halogens is 3. The van der Waals surface area contributed by atoms with Crippen molar-refractivity contribution in [3.8, 4) is 11.5 Å². The number of aromatic hydroxyl groups is 1. The van der Waals surface area contributed by atoms with Gasteiger partial charge in [0.1, 0.15) is 5.57 Å². The Balaban J connectivity index is 2.14. The predicted molar refractivity (Wildman–Crippen MR) is 115 cm³/mol. The number of phenols is 1. The van der Waals surface area contributed by atoms with Gasteiger partial charge in [0.05, 0.1) is 17.3 Å². The molecule has 0 atom stereocenters. The van der Waals surface area contributed by atoms with Gasteiger partial charge in [-0.1, -0.05) is 17.7 Å². The summed E-state index contributed by atoms with van der Waals surface area (Å²) in [5, 5.41) is 12.6. The van der Waals surface area contributed by atoms with Crippen molar-refractivity contribution in [3.63, 3.8) is 0 Å². The molecule has 2 aromatic rings. The number of hydrogen-bond acceptors (Lipinski definition) is 5. The normalized spacial score (nSPS) is 15.7. The monoisotopic (exact) mass is 542 g/mol. The van der Waals surface area contributed by atoms with Gasteiger partial charge in [0.25, 0.3) is 11.8 Å². The molecule has 2 N–H and O–H groups in total. The maximum absolute atomic E-state index is 13.1. The minimum Gasteiger partial charge on any atom is -0.503 e. The van der Waals surface area contributed by atoms with Crippen molar-refractivity contribution >= 4 is 73.1 Å². The third-order valence-electron chi connectivity index (χ3n) is 4.28. The van der Waals surface area contributed by atoms with E-state index in [1.165, 1.54) is 19.3 Å². The van der Waals surface area contributed by atoms with E-state index in [9.17, 15) is 19.5 Å². The highest BCUT2D eigenvalue weighted by Crippen LogP contribution is 2.42. The first-order chi connectivity index (χ1) is 13.7. The lowest BCUT2D eigenvalue weighted by atomic mass is 10.1. The van der Waals surface area contributed by atoms with Crippen molar-refractivity contribution in [1.29, 1.82) is 0 Å². The second-order valence-electron chi connectivity index (χ2n) is 5.99. The van der Waals surface area contributed by atoms with Crippen molar-refractivity contribution in [2.75, 3.05) is 12.0 Å². The third-order valence-corrected chi connectivity index (χ3v) is 6.84. The van der Waals surface area contributed by atoms with Crippen LogP contribution < -0.4 is 15.0 Å². The zero-order chi connectivity index (χ0) is 21.5. The number of urea groups is 1. The molecule has 0 radical (unpaired) electrons. The number of carbonyl (C=O) groups is 3. The van der Waals surface area contributed by atoms with Crippen LogP contribution in [-0.4, -0.2) is 30.1 Å². The fourth-order valence-corrected chi connectivity index (χ4v) is 3.75. The van der Waals surface area contributed by atoms with Gasteiger partial charge in [0, 0.05) is 9.50 Å². The van der Waals surface area contributed by atoms with Crippen molar-refractivity contribution in [2.24, 2.45) is 0 Å². The quantitative estimate of drug-likeness (QED) is 0.437. The van der Waals surface area contributed by atoms with E-state index in [1.807, 2.05) is 0 Å². The number of methoxy groups -OCH3 is 1. The number of ether oxygens (including phenoxy) is 1. The highest BCUT2D eigenvalue weighted by atomic mass is 79.9. The van der Waals surface area contributed by atoms with E-state index < -0.39 is 17.8 Å². The molecule has 0 aromatic heterocycles. The predicted octanol–water partition coefficient (Wildman–Crippen LogP) is 4.55. The number of phenolic OH excluding ortho intramolecular Hbond substituents is 1. The van der Waals surface area contributed by atoms with Crippen LogP contribution in [-0.2, 0) is 9.59 Å². The Morgan fingerprint density at radius 2 is 1.90 bits per heavy atom. The van der Waals surface area contributed by atoms with Gasteiger partial charge in [-0.2, -0.15) is 0 Å². The first-order valence-corrected chi connectivity index (χ1v) is 10.0. The van der Waals surface area contributed by atoms with E-state index in [2.05, 4.69) is 37.2 Å². The minimum absolute atomic E-state index is 0.134. The molecule has 0 bridgehead atoms. The Morgan fingerprint density at radius 3 is 2.55 bits per heavy atom. The smallest absolute Gasteiger partial charge is 0.335 e. The summed E-state index contributed by atoms with van der Waals surface area (Å²) in [6, 6.07) is 5.37. The molecule has 0 saturated carbocycles. The van der Waals surface area contributed by atoms with Crippen molar-refractivity contribution in [2.45, 2.75) is 6.92 Å². The second-order valence-corrected chi connectivity index (χ2v) is 7.98. The maximum Gasteiger partial charge on any atom is 0.335 e. The number of hydrogen-bond donors (Lipinski definition) is 2. The lowest BCUT2D eigenvalue weighted by Crippen LogP contribution is -2.54.